The SMILES string of the molecule is CCO[C@H]1OC(C(=O)NC2CCCCC2)=C[C@@H](C2CC2)[C@@H]1CCCO. The molecule has 2 saturated carbocycles. The monoisotopic (exact) mass is 351 g/mol. The molecule has 1 amide bonds. The molecule has 1 heterocycles. The van der Waals surface area contributed by atoms with Gasteiger partial charge in [-0.2, -0.15) is 0 Å². The molecule has 3 rings (SSSR count). The second-order valence-corrected chi connectivity index (χ2v) is 7.73. The molecular weight excluding hydrogens is 318 g/mol. The van der Waals surface area contributed by atoms with Gasteiger partial charge < -0.3 is 19.9 Å². The van der Waals surface area contributed by atoms with Gasteiger partial charge in [0.05, 0.1) is 0 Å². The Balaban J connectivity index is 1.70. The number of ether oxygens (including phenoxy) is 2. The molecule has 0 bridgehead atoms. The number of amides is 1. The minimum absolute atomic E-state index is 0.0807. The third kappa shape index (κ3) is 4.98. The van der Waals surface area contributed by atoms with E-state index in [-0.39, 0.29) is 30.8 Å². The van der Waals surface area contributed by atoms with Gasteiger partial charge in [0.25, 0.3) is 5.91 Å². The highest BCUT2D eigenvalue weighted by Gasteiger charge is 2.44. The summed E-state index contributed by atoms with van der Waals surface area (Å²) in [6.07, 6.45) is 11.5. The van der Waals surface area contributed by atoms with Gasteiger partial charge in [-0.15, -0.1) is 0 Å². The summed E-state index contributed by atoms with van der Waals surface area (Å²) < 4.78 is 11.8. The lowest BCUT2D eigenvalue weighted by atomic mass is 9.82. The Kier molecular flexibility index (Phi) is 6.77. The van der Waals surface area contributed by atoms with Crippen molar-refractivity contribution in [2.24, 2.45) is 17.8 Å². The van der Waals surface area contributed by atoms with Crippen LogP contribution in [0, 0.1) is 17.8 Å². The zero-order valence-electron chi connectivity index (χ0n) is 15.4. The molecule has 2 fully saturated rings. The predicted octanol–water partition coefficient (Wildman–Crippen LogP) is 3.13. The van der Waals surface area contributed by atoms with Crippen LogP contribution in [0.25, 0.3) is 0 Å². The van der Waals surface area contributed by atoms with E-state index in [1.165, 1.54) is 32.1 Å². The molecule has 142 valence electrons. The number of allylic oxidation sites excluding steroid dienone is 1. The lowest BCUT2D eigenvalue weighted by Gasteiger charge is -2.37. The number of nitrogens with one attached hydrogen (secondary N) is 1. The molecule has 0 aromatic rings. The zero-order valence-corrected chi connectivity index (χ0v) is 15.4. The van der Waals surface area contributed by atoms with Crippen LogP contribution in [-0.2, 0) is 14.3 Å². The smallest absolute Gasteiger partial charge is 0.286 e. The van der Waals surface area contributed by atoms with Crippen LogP contribution in [0.4, 0.5) is 0 Å². The highest BCUT2D eigenvalue weighted by Crippen LogP contribution is 2.47. The first-order valence-electron chi connectivity index (χ1n) is 10.1. The van der Waals surface area contributed by atoms with Crippen LogP contribution in [0.3, 0.4) is 0 Å². The topological polar surface area (TPSA) is 67.8 Å². The van der Waals surface area contributed by atoms with Crippen molar-refractivity contribution in [2.45, 2.75) is 77.0 Å². The van der Waals surface area contributed by atoms with Crippen LogP contribution >= 0.6 is 0 Å². The summed E-state index contributed by atoms with van der Waals surface area (Å²) in [5.74, 6) is 1.55. The molecule has 5 nitrogen and oxygen atoms in total. The van der Waals surface area contributed by atoms with Crippen molar-refractivity contribution >= 4 is 5.91 Å². The van der Waals surface area contributed by atoms with Crippen molar-refractivity contribution in [1.82, 2.24) is 5.32 Å². The average molecular weight is 351 g/mol. The van der Waals surface area contributed by atoms with E-state index in [9.17, 15) is 9.90 Å². The van der Waals surface area contributed by atoms with Crippen LogP contribution in [0.1, 0.15) is 64.7 Å². The summed E-state index contributed by atoms with van der Waals surface area (Å²) in [4.78, 5) is 12.7. The van der Waals surface area contributed by atoms with E-state index >= 15 is 0 Å². The number of rotatable bonds is 8. The Morgan fingerprint density at radius 3 is 2.68 bits per heavy atom. The number of hydrogen-bond acceptors (Lipinski definition) is 4. The lowest BCUT2D eigenvalue weighted by Crippen LogP contribution is -2.43. The molecular formula is C20H33NO4. The Morgan fingerprint density at radius 1 is 1.28 bits per heavy atom. The summed E-state index contributed by atoms with van der Waals surface area (Å²) in [7, 11) is 0. The summed E-state index contributed by atoms with van der Waals surface area (Å²) in [5, 5.41) is 12.4. The van der Waals surface area contributed by atoms with E-state index in [1.807, 2.05) is 13.0 Å². The quantitative estimate of drug-likeness (QED) is 0.705. The third-order valence-corrected chi connectivity index (χ3v) is 5.79. The highest BCUT2D eigenvalue weighted by molar-refractivity contribution is 5.91. The standard InChI is InChI=1S/C20H33NO4/c1-2-24-20-16(9-6-12-22)17(14-10-11-14)13-18(25-20)19(23)21-15-7-4-3-5-8-15/h13-17,20,22H,2-12H2,1H3,(H,21,23)/t16-,17-,20-/m0/s1. The number of hydrogen-bond donors (Lipinski definition) is 2. The number of carbonyl (C=O) groups is 1. The largest absolute Gasteiger partial charge is 0.459 e. The summed E-state index contributed by atoms with van der Waals surface area (Å²) in [6, 6.07) is 0.280. The summed E-state index contributed by atoms with van der Waals surface area (Å²) in [5.41, 5.74) is 0. The minimum atomic E-state index is -0.376. The van der Waals surface area contributed by atoms with Gasteiger partial charge in [-0.25, -0.2) is 0 Å². The fourth-order valence-electron chi connectivity index (χ4n) is 4.31. The van der Waals surface area contributed by atoms with Gasteiger partial charge in [0.2, 0.25) is 6.29 Å². The van der Waals surface area contributed by atoms with Crippen LogP contribution in [0.2, 0.25) is 0 Å². The van der Waals surface area contributed by atoms with Gasteiger partial charge in [-0.05, 0) is 63.4 Å². The minimum Gasteiger partial charge on any atom is -0.459 e. The van der Waals surface area contributed by atoms with Crippen LogP contribution in [0.5, 0.6) is 0 Å². The van der Waals surface area contributed by atoms with Gasteiger partial charge in [-0.1, -0.05) is 19.3 Å². The van der Waals surface area contributed by atoms with Gasteiger partial charge in [0.1, 0.15) is 0 Å². The fourth-order valence-corrected chi connectivity index (χ4v) is 4.31. The Hall–Kier alpha value is -1.07. The molecule has 0 aromatic carbocycles. The molecule has 1 aliphatic heterocycles. The van der Waals surface area contributed by atoms with E-state index < -0.39 is 0 Å². The molecule has 2 N–H and O–H groups in total. The van der Waals surface area contributed by atoms with Crippen LogP contribution in [-0.4, -0.2) is 36.6 Å². The first kappa shape index (κ1) is 18.7. The van der Waals surface area contributed by atoms with Crippen molar-refractivity contribution in [3.8, 4) is 0 Å². The Bertz CT molecular complexity index is 468. The number of aliphatic hydroxyl groups is 1. The van der Waals surface area contributed by atoms with E-state index in [4.69, 9.17) is 9.47 Å². The molecule has 0 aromatic heterocycles. The molecule has 3 aliphatic rings. The van der Waals surface area contributed by atoms with Crippen molar-refractivity contribution < 1.29 is 19.4 Å². The molecule has 0 spiro atoms. The first-order chi connectivity index (χ1) is 12.2. The van der Waals surface area contributed by atoms with Crippen molar-refractivity contribution in [3.05, 3.63) is 11.8 Å². The first-order valence-corrected chi connectivity index (χ1v) is 10.1. The van der Waals surface area contributed by atoms with E-state index in [0.29, 0.717) is 24.2 Å². The van der Waals surface area contributed by atoms with Crippen molar-refractivity contribution in [1.29, 1.82) is 0 Å². The normalized spacial score (nSPS) is 30.5. The predicted molar refractivity (Wildman–Crippen MR) is 95.6 cm³/mol. The zero-order chi connectivity index (χ0) is 17.6. The number of carbonyl (C=O) groups excluding carboxylic acids is 1. The average Bonchev–Trinajstić information content (AvgIpc) is 3.46. The second-order valence-electron chi connectivity index (χ2n) is 7.73. The summed E-state index contributed by atoms with van der Waals surface area (Å²) in [6.45, 7) is 2.71. The molecule has 3 atom stereocenters. The van der Waals surface area contributed by atoms with Gasteiger partial charge in [0, 0.05) is 25.2 Å². The van der Waals surface area contributed by atoms with Gasteiger partial charge in [-0.3, -0.25) is 4.79 Å². The molecule has 5 heteroatoms. The molecule has 2 aliphatic carbocycles. The second kappa shape index (κ2) is 9.04. The lowest BCUT2D eigenvalue weighted by molar-refractivity contribution is -0.174. The Morgan fingerprint density at radius 2 is 2.04 bits per heavy atom. The van der Waals surface area contributed by atoms with Crippen LogP contribution in [0.15, 0.2) is 11.8 Å². The molecule has 0 saturated heterocycles. The number of aliphatic hydroxyl groups excluding tert-OH is 1. The summed E-state index contributed by atoms with van der Waals surface area (Å²) >= 11 is 0. The maximum Gasteiger partial charge on any atom is 0.286 e. The van der Waals surface area contributed by atoms with Crippen LogP contribution < -0.4 is 5.32 Å². The fraction of sp³-hybridized carbons (Fsp3) is 0.850. The molecule has 0 radical (unpaired) electrons. The van der Waals surface area contributed by atoms with E-state index in [1.54, 1.807) is 0 Å². The van der Waals surface area contributed by atoms with Crippen molar-refractivity contribution in [3.63, 3.8) is 0 Å². The molecule has 25 heavy (non-hydrogen) atoms. The van der Waals surface area contributed by atoms with Gasteiger partial charge in [0.15, 0.2) is 5.76 Å². The van der Waals surface area contributed by atoms with Gasteiger partial charge >= 0.3 is 0 Å². The maximum atomic E-state index is 12.7. The highest BCUT2D eigenvalue weighted by atomic mass is 16.7. The van der Waals surface area contributed by atoms with Crippen molar-refractivity contribution in [2.75, 3.05) is 13.2 Å². The maximum absolute atomic E-state index is 12.7. The van der Waals surface area contributed by atoms with E-state index in [0.717, 1.165) is 25.7 Å². The third-order valence-electron chi connectivity index (χ3n) is 5.79. The molecule has 0 unspecified atom stereocenters. The van der Waals surface area contributed by atoms with E-state index in [2.05, 4.69) is 5.32 Å². The Labute approximate surface area is 151 Å².